The number of benzene rings is 1. The first-order chi connectivity index (χ1) is 10.1. The summed E-state index contributed by atoms with van der Waals surface area (Å²) in [4.78, 5) is 18.4. The molecule has 1 N–H and O–H groups in total. The summed E-state index contributed by atoms with van der Waals surface area (Å²) in [6.07, 6.45) is 1.68. The van der Waals surface area contributed by atoms with Gasteiger partial charge in [-0.25, -0.2) is 9.78 Å². The quantitative estimate of drug-likeness (QED) is 0.809. The fraction of sp³-hybridized carbons (Fsp3) is 0.143. The van der Waals surface area contributed by atoms with Crippen LogP contribution in [-0.2, 0) is 0 Å². The largest absolute Gasteiger partial charge is 0.329 e. The van der Waals surface area contributed by atoms with Crippen LogP contribution in [0.15, 0.2) is 45.7 Å². The molecule has 1 aliphatic heterocycles. The van der Waals surface area contributed by atoms with Gasteiger partial charge in [-0.05, 0) is 33.8 Å². The van der Waals surface area contributed by atoms with Crippen molar-refractivity contribution >= 4 is 55.9 Å². The van der Waals surface area contributed by atoms with Crippen LogP contribution < -0.4 is 5.32 Å². The first kappa shape index (κ1) is 14.6. The molecule has 0 saturated heterocycles. The Hall–Kier alpha value is -1.31. The zero-order valence-corrected chi connectivity index (χ0v) is 14.3. The van der Waals surface area contributed by atoms with Crippen molar-refractivity contribution in [3.63, 3.8) is 0 Å². The van der Waals surface area contributed by atoms with Crippen LogP contribution >= 0.6 is 39.0 Å². The first-order valence-electron chi connectivity index (χ1n) is 6.28. The van der Waals surface area contributed by atoms with E-state index in [2.05, 4.69) is 26.2 Å². The van der Waals surface area contributed by atoms with E-state index in [1.165, 1.54) is 11.3 Å². The number of nitrogens with one attached hydrogen (secondary N) is 1. The second-order valence-electron chi connectivity index (χ2n) is 4.37. The monoisotopic (exact) mass is 381 g/mol. The number of halogens is 1. The smallest absolute Gasteiger partial charge is 0.283 e. The van der Waals surface area contributed by atoms with Crippen molar-refractivity contribution in [3.05, 3.63) is 51.3 Å². The van der Waals surface area contributed by atoms with Gasteiger partial charge in [-0.3, -0.25) is 10.2 Å². The number of nitrogens with zero attached hydrogens (tertiary/aromatic N) is 2. The number of anilines is 1. The van der Waals surface area contributed by atoms with Crippen molar-refractivity contribution in [2.45, 2.75) is 12.3 Å². The van der Waals surface area contributed by atoms with E-state index in [9.17, 15) is 4.79 Å². The van der Waals surface area contributed by atoms with Gasteiger partial charge in [0.05, 0.1) is 21.1 Å². The second-order valence-corrected chi connectivity index (χ2v) is 7.97. The van der Waals surface area contributed by atoms with E-state index in [0.29, 0.717) is 5.13 Å². The second kappa shape index (κ2) is 6.21. The molecule has 1 aromatic heterocycles. The number of hydrogen-bond donors (Lipinski definition) is 1. The highest BCUT2D eigenvalue weighted by atomic mass is 79.9. The minimum atomic E-state index is -0.163. The number of carbonyl (C=O) groups excluding carboxylic acids is 1. The van der Waals surface area contributed by atoms with E-state index in [4.69, 9.17) is 0 Å². The van der Waals surface area contributed by atoms with Crippen LogP contribution in [0.4, 0.5) is 9.93 Å². The van der Waals surface area contributed by atoms with Gasteiger partial charge < -0.3 is 0 Å². The van der Waals surface area contributed by atoms with Crippen molar-refractivity contribution in [1.82, 2.24) is 9.88 Å². The van der Waals surface area contributed by atoms with E-state index in [-0.39, 0.29) is 11.4 Å². The molecule has 2 aromatic rings. The highest BCUT2D eigenvalue weighted by Crippen LogP contribution is 2.37. The summed E-state index contributed by atoms with van der Waals surface area (Å²) in [6.45, 7) is 2.01. The fourth-order valence-corrected chi connectivity index (χ4v) is 4.03. The third kappa shape index (κ3) is 3.14. The van der Waals surface area contributed by atoms with Crippen LogP contribution in [0.1, 0.15) is 12.5 Å². The summed E-state index contributed by atoms with van der Waals surface area (Å²) in [5, 5.41) is 5.52. The molecule has 21 heavy (non-hydrogen) atoms. The molecular formula is C14H12BrN3OS2. The van der Waals surface area contributed by atoms with Gasteiger partial charge in [0.2, 0.25) is 0 Å². The maximum atomic E-state index is 12.5. The van der Waals surface area contributed by atoms with Crippen LogP contribution in [-0.4, -0.2) is 21.3 Å². The highest BCUT2D eigenvalue weighted by Gasteiger charge is 2.30. The molecule has 2 amide bonds. The molecule has 0 bridgehead atoms. The maximum absolute atomic E-state index is 12.5. The van der Waals surface area contributed by atoms with Gasteiger partial charge in [-0.1, -0.05) is 41.7 Å². The number of thiazole rings is 1. The van der Waals surface area contributed by atoms with Crippen molar-refractivity contribution in [2.24, 2.45) is 0 Å². The van der Waals surface area contributed by atoms with Crippen LogP contribution in [0.3, 0.4) is 0 Å². The fourth-order valence-electron chi connectivity index (χ4n) is 2.03. The lowest BCUT2D eigenvalue weighted by Crippen LogP contribution is -2.35. The third-order valence-corrected chi connectivity index (χ3v) is 5.34. The molecule has 7 heteroatoms. The average Bonchev–Trinajstić information content (AvgIpc) is 3.06. The summed E-state index contributed by atoms with van der Waals surface area (Å²) in [5.41, 5.74) is 1.95. The van der Waals surface area contributed by atoms with E-state index < -0.39 is 0 Å². The first-order valence-corrected chi connectivity index (χ1v) is 8.83. The minimum Gasteiger partial charge on any atom is -0.283 e. The number of carbonyl (C=O) groups is 1. The molecule has 0 aliphatic carbocycles. The lowest BCUT2D eigenvalue weighted by molar-refractivity contribution is 0.231. The van der Waals surface area contributed by atoms with Gasteiger partial charge in [0.1, 0.15) is 0 Å². The van der Waals surface area contributed by atoms with E-state index in [0.717, 1.165) is 15.0 Å². The maximum Gasteiger partial charge on any atom is 0.329 e. The summed E-state index contributed by atoms with van der Waals surface area (Å²) < 4.78 is 0.889. The Balaban J connectivity index is 1.82. The van der Waals surface area contributed by atoms with Gasteiger partial charge in [0, 0.05) is 0 Å². The Labute approximate surface area is 139 Å². The Morgan fingerprint density at radius 3 is 2.81 bits per heavy atom. The van der Waals surface area contributed by atoms with Crippen molar-refractivity contribution in [1.29, 1.82) is 0 Å². The molecule has 0 radical (unpaired) electrons. The lowest BCUT2D eigenvalue weighted by Gasteiger charge is -2.24. The number of aromatic nitrogens is 1. The molecular weight excluding hydrogens is 370 g/mol. The molecule has 4 nitrogen and oxygen atoms in total. The standard InChI is InChI=1S/C14H12BrN3OS2/c1-9-18(14(19)17-13-16-7-12(15)21-13)11(8-20-9)10-5-3-2-4-6-10/h2-9H,1H3,(H,16,17,19). The van der Waals surface area contributed by atoms with E-state index >= 15 is 0 Å². The molecule has 3 rings (SSSR count). The van der Waals surface area contributed by atoms with E-state index in [1.54, 1.807) is 22.9 Å². The van der Waals surface area contributed by atoms with Crippen LogP contribution in [0.2, 0.25) is 0 Å². The molecule has 0 spiro atoms. The number of rotatable bonds is 2. The molecule has 108 valence electrons. The predicted octanol–water partition coefficient (Wildman–Crippen LogP) is 4.83. The molecule has 0 saturated carbocycles. The third-order valence-electron chi connectivity index (χ3n) is 2.98. The minimum absolute atomic E-state index is 0.0589. The highest BCUT2D eigenvalue weighted by molar-refractivity contribution is 9.11. The topological polar surface area (TPSA) is 45.2 Å². The molecule has 1 atom stereocenters. The van der Waals surface area contributed by atoms with Gasteiger partial charge in [-0.15, -0.1) is 11.8 Å². The van der Waals surface area contributed by atoms with Crippen molar-refractivity contribution < 1.29 is 4.79 Å². The molecule has 0 fully saturated rings. The Kier molecular flexibility index (Phi) is 4.32. The molecule has 2 heterocycles. The molecule has 1 aromatic carbocycles. The molecule has 1 unspecified atom stereocenters. The summed E-state index contributed by atoms with van der Waals surface area (Å²) in [7, 11) is 0. The predicted molar refractivity (Wildman–Crippen MR) is 92.1 cm³/mol. The Morgan fingerprint density at radius 1 is 1.38 bits per heavy atom. The van der Waals surface area contributed by atoms with Crippen LogP contribution in [0, 0.1) is 0 Å². The van der Waals surface area contributed by atoms with Crippen molar-refractivity contribution in [3.8, 4) is 0 Å². The summed E-state index contributed by atoms with van der Waals surface area (Å²) in [6, 6.07) is 9.75. The zero-order chi connectivity index (χ0) is 14.8. The van der Waals surface area contributed by atoms with Gasteiger partial charge >= 0.3 is 6.03 Å². The normalized spacial score (nSPS) is 17.7. The van der Waals surface area contributed by atoms with Gasteiger partial charge in [0.15, 0.2) is 5.13 Å². The number of amides is 2. The zero-order valence-electron chi connectivity index (χ0n) is 11.1. The Morgan fingerprint density at radius 2 is 2.14 bits per heavy atom. The molecule has 1 aliphatic rings. The SMILES string of the molecule is CC1SC=C(c2ccccc2)N1C(=O)Nc1ncc(Br)s1. The average molecular weight is 382 g/mol. The number of hydrogen-bond acceptors (Lipinski definition) is 4. The van der Waals surface area contributed by atoms with Crippen LogP contribution in [0.25, 0.3) is 5.70 Å². The summed E-state index contributed by atoms with van der Waals surface area (Å²) >= 11 is 6.36. The summed E-state index contributed by atoms with van der Waals surface area (Å²) in [5.74, 6) is 0. The van der Waals surface area contributed by atoms with Gasteiger partial charge in [0.25, 0.3) is 0 Å². The lowest BCUT2D eigenvalue weighted by atomic mass is 10.1. The van der Waals surface area contributed by atoms with E-state index in [1.807, 2.05) is 42.7 Å². The van der Waals surface area contributed by atoms with Crippen LogP contribution in [0.5, 0.6) is 0 Å². The Bertz CT molecular complexity index is 687. The number of thioether (sulfide) groups is 1. The number of urea groups is 1. The van der Waals surface area contributed by atoms with Crippen molar-refractivity contribution in [2.75, 3.05) is 5.32 Å². The van der Waals surface area contributed by atoms with Gasteiger partial charge in [-0.2, -0.15) is 0 Å².